The van der Waals surface area contributed by atoms with Crippen LogP contribution in [0.5, 0.6) is 0 Å². The Bertz CT molecular complexity index is 462. The van der Waals surface area contributed by atoms with Crippen LogP contribution in [0.15, 0.2) is 12.1 Å². The minimum absolute atomic E-state index is 0.250. The van der Waals surface area contributed by atoms with Gasteiger partial charge in [0.1, 0.15) is 11.6 Å². The standard InChI is InChI=1S/C13H18F3N3S2/c1-2-17-11-5-9(13(14,15)16)6-12(19-11)18-7-10-8-20-3-4-21-10/h5-6,10H,2-4,7-8H2,1H3,(H2,17,18,19). The van der Waals surface area contributed by atoms with Crippen LogP contribution in [0.1, 0.15) is 12.5 Å². The summed E-state index contributed by atoms with van der Waals surface area (Å²) in [4.78, 5) is 4.18. The number of aromatic nitrogens is 1. The first-order valence-electron chi connectivity index (χ1n) is 6.75. The van der Waals surface area contributed by atoms with Crippen molar-refractivity contribution >= 4 is 35.2 Å². The average Bonchev–Trinajstić information content (AvgIpc) is 2.45. The van der Waals surface area contributed by atoms with Gasteiger partial charge < -0.3 is 10.6 Å². The van der Waals surface area contributed by atoms with Gasteiger partial charge in [0.15, 0.2) is 0 Å². The maximum absolute atomic E-state index is 12.9. The second-order valence-corrected chi connectivity index (χ2v) is 7.16. The molecule has 0 saturated carbocycles. The number of halogens is 3. The van der Waals surface area contributed by atoms with Gasteiger partial charge in [0, 0.05) is 35.6 Å². The normalized spacial score (nSPS) is 19.3. The van der Waals surface area contributed by atoms with Gasteiger partial charge in [-0.2, -0.15) is 36.7 Å². The van der Waals surface area contributed by atoms with Crippen LogP contribution in [-0.2, 0) is 6.18 Å². The Hall–Kier alpha value is -0.760. The molecule has 2 N–H and O–H groups in total. The number of hydrogen-bond acceptors (Lipinski definition) is 5. The third-order valence-corrected chi connectivity index (χ3v) is 5.75. The summed E-state index contributed by atoms with van der Waals surface area (Å²) in [6.07, 6.45) is -4.36. The molecule has 0 aliphatic carbocycles. The highest BCUT2D eigenvalue weighted by atomic mass is 32.2. The summed E-state index contributed by atoms with van der Waals surface area (Å²) < 4.78 is 38.7. The Kier molecular flexibility index (Phi) is 5.92. The van der Waals surface area contributed by atoms with E-state index in [0.29, 0.717) is 18.3 Å². The summed E-state index contributed by atoms with van der Waals surface area (Å²) in [5, 5.41) is 6.30. The lowest BCUT2D eigenvalue weighted by Crippen LogP contribution is -2.24. The van der Waals surface area contributed by atoms with E-state index < -0.39 is 11.7 Å². The molecule has 0 spiro atoms. The summed E-state index contributed by atoms with van der Waals surface area (Å²) in [5.41, 5.74) is -0.679. The summed E-state index contributed by atoms with van der Waals surface area (Å²) in [5.74, 6) is 3.79. The number of nitrogens with one attached hydrogen (secondary N) is 2. The molecule has 3 nitrogen and oxygen atoms in total. The van der Waals surface area contributed by atoms with E-state index in [9.17, 15) is 13.2 Å². The third kappa shape index (κ3) is 5.18. The Balaban J connectivity index is 2.07. The van der Waals surface area contributed by atoms with Crippen LogP contribution >= 0.6 is 23.5 Å². The SMILES string of the molecule is CCNc1cc(C(F)(F)F)cc(NCC2CSCCS2)n1. The minimum atomic E-state index is -4.36. The van der Waals surface area contributed by atoms with Crippen LogP contribution in [-0.4, -0.2) is 40.6 Å². The molecule has 2 heterocycles. The predicted octanol–water partition coefficient (Wildman–Crippen LogP) is 3.79. The molecule has 8 heteroatoms. The first-order chi connectivity index (χ1) is 9.99. The molecule has 21 heavy (non-hydrogen) atoms. The number of alkyl halides is 3. The topological polar surface area (TPSA) is 37.0 Å². The smallest absolute Gasteiger partial charge is 0.370 e. The van der Waals surface area contributed by atoms with Crippen molar-refractivity contribution in [2.45, 2.75) is 18.3 Å². The van der Waals surface area contributed by atoms with E-state index in [0.717, 1.165) is 29.4 Å². The maximum atomic E-state index is 12.9. The lowest BCUT2D eigenvalue weighted by Gasteiger charge is -2.22. The van der Waals surface area contributed by atoms with E-state index in [-0.39, 0.29) is 11.6 Å². The van der Waals surface area contributed by atoms with E-state index in [1.807, 2.05) is 30.4 Å². The number of nitrogens with zero attached hydrogens (tertiary/aromatic N) is 1. The van der Waals surface area contributed by atoms with Crippen molar-refractivity contribution in [2.75, 3.05) is 41.0 Å². The predicted molar refractivity (Wildman–Crippen MR) is 85.5 cm³/mol. The van der Waals surface area contributed by atoms with Gasteiger partial charge in [0.25, 0.3) is 0 Å². The molecule has 0 radical (unpaired) electrons. The van der Waals surface area contributed by atoms with Crippen LogP contribution in [0.2, 0.25) is 0 Å². The highest BCUT2D eigenvalue weighted by Crippen LogP contribution is 2.32. The van der Waals surface area contributed by atoms with Crippen molar-refractivity contribution in [2.24, 2.45) is 0 Å². The molecule has 118 valence electrons. The summed E-state index contributed by atoms with van der Waals surface area (Å²) in [6, 6.07) is 2.11. The Morgan fingerprint density at radius 1 is 1.24 bits per heavy atom. The Morgan fingerprint density at radius 3 is 2.52 bits per heavy atom. The molecule has 1 atom stereocenters. The minimum Gasteiger partial charge on any atom is -0.370 e. The van der Waals surface area contributed by atoms with Crippen LogP contribution in [0, 0.1) is 0 Å². The van der Waals surface area contributed by atoms with E-state index >= 15 is 0 Å². The largest absolute Gasteiger partial charge is 0.416 e. The summed E-state index contributed by atoms with van der Waals surface area (Å²) in [7, 11) is 0. The summed E-state index contributed by atoms with van der Waals surface area (Å²) in [6.45, 7) is 2.99. The number of hydrogen-bond donors (Lipinski definition) is 2. The second kappa shape index (κ2) is 7.49. The molecule has 1 aromatic rings. The van der Waals surface area contributed by atoms with Gasteiger partial charge in [-0.1, -0.05) is 0 Å². The van der Waals surface area contributed by atoms with E-state index in [2.05, 4.69) is 15.6 Å². The fourth-order valence-electron chi connectivity index (χ4n) is 1.93. The van der Waals surface area contributed by atoms with Gasteiger partial charge in [0.2, 0.25) is 0 Å². The van der Waals surface area contributed by atoms with Crippen LogP contribution in [0.3, 0.4) is 0 Å². The molecule has 1 fully saturated rings. The van der Waals surface area contributed by atoms with Crippen LogP contribution in [0.4, 0.5) is 24.8 Å². The van der Waals surface area contributed by atoms with E-state index in [1.54, 1.807) is 0 Å². The van der Waals surface area contributed by atoms with Crippen molar-refractivity contribution in [3.8, 4) is 0 Å². The molecule has 1 aliphatic heterocycles. The maximum Gasteiger partial charge on any atom is 0.416 e. The van der Waals surface area contributed by atoms with Gasteiger partial charge in [-0.05, 0) is 19.1 Å². The van der Waals surface area contributed by atoms with Crippen molar-refractivity contribution in [3.05, 3.63) is 17.7 Å². The molecule has 1 saturated heterocycles. The highest BCUT2D eigenvalue weighted by molar-refractivity contribution is 8.06. The van der Waals surface area contributed by atoms with Crippen LogP contribution in [0.25, 0.3) is 0 Å². The van der Waals surface area contributed by atoms with Crippen molar-refractivity contribution in [3.63, 3.8) is 0 Å². The number of thioether (sulfide) groups is 2. The Labute approximate surface area is 130 Å². The van der Waals surface area contributed by atoms with E-state index in [4.69, 9.17) is 0 Å². The van der Waals surface area contributed by atoms with Crippen molar-refractivity contribution in [1.29, 1.82) is 0 Å². The first kappa shape index (κ1) is 16.6. The zero-order valence-electron chi connectivity index (χ0n) is 11.7. The van der Waals surface area contributed by atoms with Gasteiger partial charge in [-0.25, -0.2) is 4.98 Å². The Morgan fingerprint density at radius 2 is 1.95 bits per heavy atom. The fraction of sp³-hybridized carbons (Fsp3) is 0.615. The second-order valence-electron chi connectivity index (χ2n) is 4.60. The number of anilines is 2. The number of pyridine rings is 1. The molecule has 1 aliphatic rings. The quantitative estimate of drug-likeness (QED) is 0.855. The molecule has 1 unspecified atom stereocenters. The third-order valence-electron chi connectivity index (χ3n) is 2.91. The molecule has 0 bridgehead atoms. The van der Waals surface area contributed by atoms with Gasteiger partial charge in [0.05, 0.1) is 5.56 Å². The van der Waals surface area contributed by atoms with Crippen molar-refractivity contribution in [1.82, 2.24) is 4.98 Å². The van der Waals surface area contributed by atoms with Gasteiger partial charge in [-0.3, -0.25) is 0 Å². The zero-order chi connectivity index (χ0) is 15.3. The monoisotopic (exact) mass is 337 g/mol. The molecule has 1 aromatic heterocycles. The zero-order valence-corrected chi connectivity index (χ0v) is 13.3. The first-order valence-corrected chi connectivity index (χ1v) is 8.95. The lowest BCUT2D eigenvalue weighted by atomic mass is 10.2. The van der Waals surface area contributed by atoms with E-state index in [1.165, 1.54) is 0 Å². The van der Waals surface area contributed by atoms with Crippen LogP contribution < -0.4 is 10.6 Å². The van der Waals surface area contributed by atoms with Crippen molar-refractivity contribution < 1.29 is 13.2 Å². The fourth-order valence-corrected chi connectivity index (χ4v) is 4.54. The molecule has 0 aromatic carbocycles. The lowest BCUT2D eigenvalue weighted by molar-refractivity contribution is -0.137. The molecular formula is C13H18F3N3S2. The van der Waals surface area contributed by atoms with Gasteiger partial charge in [-0.15, -0.1) is 0 Å². The molecule has 0 amide bonds. The average molecular weight is 337 g/mol. The molecular weight excluding hydrogens is 319 g/mol. The summed E-state index contributed by atoms with van der Waals surface area (Å²) >= 11 is 3.74. The van der Waals surface area contributed by atoms with Gasteiger partial charge >= 0.3 is 6.18 Å². The number of rotatable bonds is 5. The molecule has 2 rings (SSSR count). The highest BCUT2D eigenvalue weighted by Gasteiger charge is 2.31.